The van der Waals surface area contributed by atoms with Crippen LogP contribution in [0.1, 0.15) is 56.9 Å². The lowest BCUT2D eigenvalue weighted by Crippen LogP contribution is -2.34. The molecule has 3 aliphatic rings. The van der Waals surface area contributed by atoms with E-state index in [0.717, 1.165) is 43.3 Å². The zero-order valence-electron chi connectivity index (χ0n) is 15.9. The lowest BCUT2D eigenvalue weighted by molar-refractivity contribution is -0.123. The number of rotatable bonds is 4. The number of carbonyl (C=O) groups is 2. The molecule has 5 heteroatoms. The molecule has 1 aliphatic carbocycles. The topological polar surface area (TPSA) is 40.6 Å². The molecular weight excluding hydrogens is 356 g/mol. The van der Waals surface area contributed by atoms with E-state index in [-0.39, 0.29) is 11.1 Å². The molecule has 1 aromatic rings. The van der Waals surface area contributed by atoms with E-state index in [2.05, 4.69) is 29.2 Å². The first-order valence-corrected chi connectivity index (χ1v) is 11.1. The Hall–Kier alpha value is -1.75. The Kier molecular flexibility index (Phi) is 5.86. The van der Waals surface area contributed by atoms with Crippen molar-refractivity contribution >= 4 is 34.7 Å². The van der Waals surface area contributed by atoms with Crippen LogP contribution in [-0.4, -0.2) is 35.7 Å². The maximum absolute atomic E-state index is 12.7. The minimum absolute atomic E-state index is 0.109. The van der Waals surface area contributed by atoms with Crippen LogP contribution in [0.15, 0.2) is 29.2 Å². The molecule has 1 aromatic carbocycles. The number of nitrogens with zero attached hydrogens (tertiary/aromatic N) is 2. The van der Waals surface area contributed by atoms with Gasteiger partial charge in [0, 0.05) is 25.3 Å². The molecule has 3 fully saturated rings. The predicted molar refractivity (Wildman–Crippen MR) is 112 cm³/mol. The number of anilines is 1. The van der Waals surface area contributed by atoms with Crippen LogP contribution in [-0.2, 0) is 4.79 Å². The van der Waals surface area contributed by atoms with Crippen LogP contribution in [0.3, 0.4) is 0 Å². The van der Waals surface area contributed by atoms with Crippen molar-refractivity contribution in [2.24, 2.45) is 5.92 Å². The predicted octanol–water partition coefficient (Wildman–Crippen LogP) is 5.29. The third kappa shape index (κ3) is 4.40. The van der Waals surface area contributed by atoms with Gasteiger partial charge in [0.1, 0.15) is 0 Å². The summed E-state index contributed by atoms with van der Waals surface area (Å²) in [4.78, 5) is 29.5. The van der Waals surface area contributed by atoms with E-state index in [4.69, 9.17) is 0 Å². The molecule has 0 bridgehead atoms. The average Bonchev–Trinajstić information content (AvgIpc) is 2.97. The molecule has 0 radical (unpaired) electrons. The molecular formula is C22H28N2O2S. The second-order valence-corrected chi connectivity index (χ2v) is 8.93. The fourth-order valence-electron chi connectivity index (χ4n) is 4.37. The number of hydrogen-bond donors (Lipinski definition) is 0. The quantitative estimate of drug-likeness (QED) is 0.661. The largest absolute Gasteiger partial charge is 0.372 e. The Morgan fingerprint density at radius 3 is 2.30 bits per heavy atom. The van der Waals surface area contributed by atoms with E-state index in [1.807, 2.05) is 6.08 Å². The summed E-state index contributed by atoms with van der Waals surface area (Å²) < 4.78 is 0. The normalized spacial score (nSPS) is 23.5. The van der Waals surface area contributed by atoms with Crippen molar-refractivity contribution in [1.82, 2.24) is 4.90 Å². The molecule has 2 amide bonds. The monoisotopic (exact) mass is 384 g/mol. The van der Waals surface area contributed by atoms with Crippen LogP contribution < -0.4 is 4.90 Å². The lowest BCUT2D eigenvalue weighted by Gasteiger charge is -2.28. The number of benzene rings is 1. The maximum atomic E-state index is 12.7. The van der Waals surface area contributed by atoms with Crippen LogP contribution >= 0.6 is 11.8 Å². The Balaban J connectivity index is 1.42. The molecule has 4 rings (SSSR count). The molecule has 0 spiro atoms. The van der Waals surface area contributed by atoms with Crippen LogP contribution in [0.25, 0.3) is 6.08 Å². The first-order chi connectivity index (χ1) is 13.2. The zero-order valence-corrected chi connectivity index (χ0v) is 16.7. The molecule has 4 nitrogen and oxygen atoms in total. The van der Waals surface area contributed by atoms with Gasteiger partial charge < -0.3 is 4.90 Å². The Morgan fingerprint density at radius 2 is 1.59 bits per heavy atom. The van der Waals surface area contributed by atoms with Gasteiger partial charge in [-0.1, -0.05) is 31.4 Å². The summed E-state index contributed by atoms with van der Waals surface area (Å²) in [5.74, 6) is 0.367. The number of imide groups is 1. The first kappa shape index (κ1) is 18.6. The van der Waals surface area contributed by atoms with E-state index < -0.39 is 0 Å². The van der Waals surface area contributed by atoms with E-state index in [0.29, 0.717) is 17.4 Å². The third-order valence-electron chi connectivity index (χ3n) is 5.95. The second kappa shape index (κ2) is 8.51. The molecule has 0 aromatic heterocycles. The summed E-state index contributed by atoms with van der Waals surface area (Å²) >= 11 is 1.09. The summed E-state index contributed by atoms with van der Waals surface area (Å²) in [5, 5.41) is -0.109. The van der Waals surface area contributed by atoms with Gasteiger partial charge in [-0.3, -0.25) is 14.5 Å². The highest BCUT2D eigenvalue weighted by Crippen LogP contribution is 2.35. The SMILES string of the molecule is O=C1S/C(=C/c2ccc(N3CCCCC3)cc2)C(=O)N1CC1CCCCC1. The highest BCUT2D eigenvalue weighted by molar-refractivity contribution is 8.18. The number of carbonyl (C=O) groups excluding carboxylic acids is 2. The fraction of sp³-hybridized carbons (Fsp3) is 0.545. The Morgan fingerprint density at radius 1 is 0.926 bits per heavy atom. The molecule has 2 aliphatic heterocycles. The van der Waals surface area contributed by atoms with Gasteiger partial charge in [0.25, 0.3) is 11.1 Å². The van der Waals surface area contributed by atoms with Gasteiger partial charge in [-0.25, -0.2) is 0 Å². The summed E-state index contributed by atoms with van der Waals surface area (Å²) in [5.41, 5.74) is 2.23. The van der Waals surface area contributed by atoms with Gasteiger partial charge in [-0.2, -0.15) is 0 Å². The average molecular weight is 385 g/mol. The molecule has 144 valence electrons. The smallest absolute Gasteiger partial charge is 0.293 e. The minimum Gasteiger partial charge on any atom is -0.372 e. The van der Waals surface area contributed by atoms with E-state index in [1.165, 1.54) is 49.1 Å². The summed E-state index contributed by atoms with van der Waals surface area (Å²) in [6.07, 6.45) is 11.7. The van der Waals surface area contributed by atoms with Crippen LogP contribution in [0, 0.1) is 5.92 Å². The van der Waals surface area contributed by atoms with Crippen LogP contribution in [0.5, 0.6) is 0 Å². The molecule has 1 saturated carbocycles. The van der Waals surface area contributed by atoms with Gasteiger partial charge in [-0.05, 0) is 73.6 Å². The van der Waals surface area contributed by atoms with Gasteiger partial charge >= 0.3 is 0 Å². The number of thioether (sulfide) groups is 1. The van der Waals surface area contributed by atoms with Crippen LogP contribution in [0.4, 0.5) is 10.5 Å². The standard InChI is InChI=1S/C22H28N2O2S/c25-21-20(27-22(26)24(21)16-18-7-3-1-4-8-18)15-17-9-11-19(12-10-17)23-13-5-2-6-14-23/h9-12,15,18H,1-8,13-14,16H2/b20-15+. The van der Waals surface area contributed by atoms with Crippen molar-refractivity contribution in [3.8, 4) is 0 Å². The Labute approximate surface area is 166 Å². The zero-order chi connectivity index (χ0) is 18.6. The summed E-state index contributed by atoms with van der Waals surface area (Å²) in [6.45, 7) is 2.84. The maximum Gasteiger partial charge on any atom is 0.293 e. The molecule has 27 heavy (non-hydrogen) atoms. The minimum atomic E-state index is -0.115. The molecule has 2 heterocycles. The summed E-state index contributed by atoms with van der Waals surface area (Å²) in [6, 6.07) is 8.37. The van der Waals surface area contributed by atoms with Crippen LogP contribution in [0.2, 0.25) is 0 Å². The van der Waals surface area contributed by atoms with E-state index in [1.54, 1.807) is 0 Å². The number of amides is 2. The highest BCUT2D eigenvalue weighted by Gasteiger charge is 2.36. The van der Waals surface area contributed by atoms with Crippen molar-refractivity contribution in [3.63, 3.8) is 0 Å². The summed E-state index contributed by atoms with van der Waals surface area (Å²) in [7, 11) is 0. The first-order valence-electron chi connectivity index (χ1n) is 10.3. The number of piperidine rings is 1. The van der Waals surface area contributed by atoms with Crippen molar-refractivity contribution in [1.29, 1.82) is 0 Å². The van der Waals surface area contributed by atoms with Gasteiger partial charge in [0.15, 0.2) is 0 Å². The molecule has 2 saturated heterocycles. The third-order valence-corrected chi connectivity index (χ3v) is 6.86. The Bertz CT molecular complexity index is 716. The second-order valence-electron chi connectivity index (χ2n) is 7.94. The highest BCUT2D eigenvalue weighted by atomic mass is 32.2. The fourth-order valence-corrected chi connectivity index (χ4v) is 5.22. The van der Waals surface area contributed by atoms with Crippen molar-refractivity contribution < 1.29 is 9.59 Å². The van der Waals surface area contributed by atoms with Gasteiger partial charge in [0.05, 0.1) is 4.91 Å². The number of hydrogen-bond acceptors (Lipinski definition) is 4. The molecule has 0 atom stereocenters. The van der Waals surface area contributed by atoms with Crippen molar-refractivity contribution in [3.05, 3.63) is 34.7 Å². The van der Waals surface area contributed by atoms with Crippen molar-refractivity contribution in [2.45, 2.75) is 51.4 Å². The lowest BCUT2D eigenvalue weighted by atomic mass is 9.89. The van der Waals surface area contributed by atoms with Gasteiger partial charge in [0.2, 0.25) is 0 Å². The van der Waals surface area contributed by atoms with Crippen molar-refractivity contribution in [2.75, 3.05) is 24.5 Å². The molecule has 0 unspecified atom stereocenters. The molecule has 0 N–H and O–H groups in total. The van der Waals surface area contributed by atoms with E-state index in [9.17, 15) is 9.59 Å². The van der Waals surface area contributed by atoms with E-state index >= 15 is 0 Å². The van der Waals surface area contributed by atoms with Gasteiger partial charge in [-0.15, -0.1) is 0 Å².